The maximum absolute atomic E-state index is 12.7. The molecule has 0 saturated carbocycles. The lowest BCUT2D eigenvalue weighted by Crippen LogP contribution is -2.32. The summed E-state index contributed by atoms with van der Waals surface area (Å²) in [4.78, 5) is 45.9. The van der Waals surface area contributed by atoms with E-state index in [1.807, 2.05) is 0 Å². The molecule has 0 spiro atoms. The molecule has 6 aromatic rings. The van der Waals surface area contributed by atoms with Crippen molar-refractivity contribution < 1.29 is 103 Å². The van der Waals surface area contributed by atoms with E-state index in [0.29, 0.717) is 36.1 Å². The van der Waals surface area contributed by atoms with E-state index >= 15 is 0 Å². The van der Waals surface area contributed by atoms with Crippen LogP contribution in [0.3, 0.4) is 0 Å². The molecular weight excluding hydrogens is 1170 g/mol. The number of benzene rings is 4. The van der Waals surface area contributed by atoms with Gasteiger partial charge in [0.25, 0.3) is 30.4 Å². The van der Waals surface area contributed by atoms with Gasteiger partial charge in [-0.3, -0.25) is 18.5 Å². The predicted molar refractivity (Wildman–Crippen MR) is 261 cm³/mol. The lowest BCUT2D eigenvalue weighted by molar-refractivity contribution is -0.432. The second kappa shape index (κ2) is 25.9. The van der Waals surface area contributed by atoms with Crippen molar-refractivity contribution in [3.63, 3.8) is 0 Å². The van der Waals surface area contributed by atoms with Crippen molar-refractivity contribution in [3.05, 3.63) is 89.2 Å². The number of rotatable bonds is 27. The van der Waals surface area contributed by atoms with E-state index < -0.39 is 98.5 Å². The van der Waals surface area contributed by atoms with Gasteiger partial charge in [-0.05, 0) is 83.4 Å². The van der Waals surface area contributed by atoms with Crippen LogP contribution in [-0.4, -0.2) is 113 Å². The lowest BCUT2D eigenvalue weighted by Gasteiger charge is -2.16. The molecule has 0 saturated heterocycles. The Bertz CT molecular complexity index is 3520. The Hall–Kier alpha value is -6.71. The van der Waals surface area contributed by atoms with E-state index in [-0.39, 0.29) is 54.5 Å². The van der Waals surface area contributed by atoms with E-state index in [9.17, 15) is 58.7 Å². The average Bonchev–Trinajstić information content (AvgIpc) is 3.33. The number of hydrogen-bond acceptors (Lipinski definition) is 31. The molecule has 0 aliphatic heterocycles. The zero-order valence-corrected chi connectivity index (χ0v) is 42.3. The van der Waals surface area contributed by atoms with E-state index in [1.165, 1.54) is 48.6 Å². The molecule has 2 heterocycles. The van der Waals surface area contributed by atoms with Crippen LogP contribution in [0.5, 0.6) is 0 Å². The number of nitrogens with zero attached hydrogens (tertiary/aromatic N) is 6. The summed E-state index contributed by atoms with van der Waals surface area (Å²) in [7, 11) is -14.7. The molecule has 0 aliphatic rings. The Morgan fingerprint density at radius 3 is 1.68 bits per heavy atom. The third-order valence-electron chi connectivity index (χ3n) is 8.92. The topological polar surface area (TPSA) is 491 Å². The lowest BCUT2D eigenvalue weighted by atomic mass is 10.1. The maximum atomic E-state index is 12.7. The Morgan fingerprint density at radius 2 is 1.09 bits per heavy atom. The van der Waals surface area contributed by atoms with Crippen LogP contribution in [0.2, 0.25) is 5.28 Å². The summed E-state index contributed by atoms with van der Waals surface area (Å²) >= 11 is 7.32. The SMILES string of the molecule is O=C(O)CC(Nc1nc(Nc2ccc(/C=C/c3ccc(Nc4nc(Cl)nc(Nc5cc(SOOO)ccc5S(=O)(=O)O)n4)cc3S(=O)(=O)O)c(SOOO)c2)nc(Nc2cc(S(=O)(=O)O)ccc2SOOO)n1)C(=O)O. The van der Waals surface area contributed by atoms with Crippen molar-refractivity contribution in [1.82, 2.24) is 29.9 Å². The van der Waals surface area contributed by atoms with Crippen molar-refractivity contribution in [2.24, 2.45) is 0 Å². The minimum Gasteiger partial charge on any atom is -0.481 e. The number of carboxylic acids is 2. The second-order valence-electron chi connectivity index (χ2n) is 13.9. The molecule has 0 aliphatic carbocycles. The van der Waals surface area contributed by atoms with Crippen LogP contribution in [0.15, 0.2) is 102 Å². The molecule has 0 amide bonds. The first-order valence-electron chi connectivity index (χ1n) is 19.5. The highest BCUT2D eigenvalue weighted by molar-refractivity contribution is 7.95. The van der Waals surface area contributed by atoms with Crippen molar-refractivity contribution in [1.29, 1.82) is 0 Å². The van der Waals surface area contributed by atoms with Crippen LogP contribution in [-0.2, 0) is 68.1 Å². The highest BCUT2D eigenvalue weighted by Crippen LogP contribution is 2.35. The fraction of sp³-hybridized carbons (Fsp3) is 0.0556. The molecular formula is C36H30ClN11O22S6. The number of carbonyl (C=O) groups is 2. The van der Waals surface area contributed by atoms with Crippen LogP contribution in [0.4, 0.5) is 52.5 Å². The smallest absolute Gasteiger partial charge is 0.326 e. The molecule has 1 atom stereocenters. The highest BCUT2D eigenvalue weighted by atomic mass is 35.5. The minimum absolute atomic E-state index is 0.00806. The second-order valence-corrected chi connectivity index (χ2v) is 20.7. The van der Waals surface area contributed by atoms with Gasteiger partial charge in [0.2, 0.25) is 35.0 Å². The zero-order valence-electron chi connectivity index (χ0n) is 36.7. The maximum Gasteiger partial charge on any atom is 0.326 e. The van der Waals surface area contributed by atoms with Gasteiger partial charge in [0.1, 0.15) is 15.8 Å². The first-order valence-corrected chi connectivity index (χ1v) is 26.4. The molecule has 13 N–H and O–H groups in total. The summed E-state index contributed by atoms with van der Waals surface area (Å²) in [5, 5.41) is 68.6. The molecule has 1 unspecified atom stereocenters. The van der Waals surface area contributed by atoms with Crippen LogP contribution in [0.1, 0.15) is 17.5 Å². The van der Waals surface area contributed by atoms with Crippen LogP contribution >= 0.6 is 47.7 Å². The monoisotopic (exact) mass is 1190 g/mol. The highest BCUT2D eigenvalue weighted by Gasteiger charge is 2.25. The first kappa shape index (κ1) is 58.5. The number of aliphatic carboxylic acids is 2. The molecule has 4 aromatic carbocycles. The van der Waals surface area contributed by atoms with Gasteiger partial charge in [0, 0.05) is 21.2 Å². The minimum atomic E-state index is -5.01. The largest absolute Gasteiger partial charge is 0.481 e. The Kier molecular flexibility index (Phi) is 19.9. The van der Waals surface area contributed by atoms with Gasteiger partial charge in [-0.15, -0.1) is 13.0 Å². The number of aromatic nitrogens is 6. The molecule has 76 heavy (non-hydrogen) atoms. The summed E-state index contributed by atoms with van der Waals surface area (Å²) < 4.78 is 117. The van der Waals surface area contributed by atoms with E-state index in [0.717, 1.165) is 36.4 Å². The molecule has 0 radical (unpaired) electrons. The number of halogens is 1. The molecule has 6 rings (SSSR count). The van der Waals surface area contributed by atoms with Gasteiger partial charge in [-0.25, -0.2) is 20.6 Å². The average molecular weight is 1200 g/mol. The first-order chi connectivity index (χ1) is 35.9. The van der Waals surface area contributed by atoms with E-state index in [1.54, 1.807) is 0 Å². The van der Waals surface area contributed by atoms with Crippen molar-refractivity contribution in [2.45, 2.75) is 41.8 Å². The molecule has 0 bridgehead atoms. The molecule has 2 aromatic heterocycles. The van der Waals surface area contributed by atoms with Crippen molar-refractivity contribution in [3.8, 4) is 0 Å². The van der Waals surface area contributed by atoms with Gasteiger partial charge < -0.3 is 36.8 Å². The quantitative estimate of drug-likeness (QED) is 0.00894. The van der Waals surface area contributed by atoms with Crippen molar-refractivity contribution in [2.75, 3.05) is 26.6 Å². The fourth-order valence-electron chi connectivity index (χ4n) is 5.90. The molecule has 33 nitrogen and oxygen atoms in total. The van der Waals surface area contributed by atoms with Gasteiger partial charge >= 0.3 is 11.9 Å². The molecule has 40 heteroatoms. The summed E-state index contributed by atoms with van der Waals surface area (Å²) in [5.41, 5.74) is -0.356. The summed E-state index contributed by atoms with van der Waals surface area (Å²) in [6.07, 6.45) is 1.63. The Balaban J connectivity index is 1.30. The predicted octanol–water partition coefficient (Wildman–Crippen LogP) is 6.22. The zero-order chi connectivity index (χ0) is 55.4. The summed E-state index contributed by atoms with van der Waals surface area (Å²) in [6.45, 7) is 0. The van der Waals surface area contributed by atoms with Crippen molar-refractivity contribution >= 4 is 155 Å². The Labute approximate surface area is 442 Å². The normalized spacial score (nSPS) is 12.3. The number of nitrogens with one attached hydrogen (secondary N) is 5. The van der Waals surface area contributed by atoms with Crippen LogP contribution in [0, 0.1) is 0 Å². The molecule has 0 fully saturated rings. The third kappa shape index (κ3) is 16.9. The molecule has 404 valence electrons. The van der Waals surface area contributed by atoms with Crippen LogP contribution < -0.4 is 26.6 Å². The third-order valence-corrected chi connectivity index (χ3v) is 13.7. The van der Waals surface area contributed by atoms with Gasteiger partial charge in [-0.2, -0.15) is 55.2 Å². The summed E-state index contributed by atoms with van der Waals surface area (Å²) in [6, 6.07) is 12.2. The summed E-state index contributed by atoms with van der Waals surface area (Å²) in [5.74, 6) is -5.32. The number of anilines is 9. The number of hydrogen-bond donors (Lipinski definition) is 13. The van der Waals surface area contributed by atoms with Gasteiger partial charge in [0.05, 0.1) is 63.7 Å². The fourth-order valence-corrected chi connectivity index (χ4v) is 9.24. The van der Waals surface area contributed by atoms with Crippen LogP contribution in [0.25, 0.3) is 12.2 Å². The van der Waals surface area contributed by atoms with E-state index in [2.05, 4.69) is 84.6 Å². The van der Waals surface area contributed by atoms with Gasteiger partial charge in [-0.1, -0.05) is 39.4 Å². The standard InChI is InChI=1S/C36H30ClN11O22S6/c37-31-43-32(45-34(44-31)41-23-13-20(71-68-65-53)7-10-27(23)75(59,60)61)39-19-6-4-17(28(12-19)76(62,63)64)2-1-16-3-5-18(11-26(16)73-70-67-55)38-33-46-35(48-36(47-33)42-24(30(51)52)15-29(49)50)40-22-14-21(74(56,57)58)8-9-25(22)72-69-66-54/h1-14,24,53-55H,15H2,(H,49,50)(H,51,52)(H,56,57,58)(H,59,60,61)(H,62,63,64)(H2,39,41,43,44,45)(H3,38,40,42,46,47,48)/b2-1+. The number of carboxylic acid groups (broad SMARTS) is 2. The van der Waals surface area contributed by atoms with E-state index in [4.69, 9.17) is 27.4 Å². The Morgan fingerprint density at radius 1 is 0.566 bits per heavy atom. The van der Waals surface area contributed by atoms with Gasteiger partial charge in [0.15, 0.2) is 0 Å².